The maximum atomic E-state index is 12.7. The summed E-state index contributed by atoms with van der Waals surface area (Å²) in [4.78, 5) is 1.49. The molecule has 2 atom stereocenters. The van der Waals surface area contributed by atoms with Crippen molar-refractivity contribution < 1.29 is 13.2 Å². The molecule has 0 radical (unpaired) electrons. The first kappa shape index (κ1) is 15.6. The molecule has 2 rings (SSSR count). The standard InChI is InChI=1S/C14H22F3N3/c1-10(2)20(9-14(15,16)17)12-5-6-13(7-12,8-18)19-11-3-4-11/h10-12,19H,3-7,9H2,1-2H3. The Morgan fingerprint density at radius 2 is 2.00 bits per heavy atom. The summed E-state index contributed by atoms with van der Waals surface area (Å²) in [6.07, 6.45) is -0.247. The van der Waals surface area contributed by atoms with Gasteiger partial charge < -0.3 is 0 Å². The molecule has 3 nitrogen and oxygen atoms in total. The van der Waals surface area contributed by atoms with Crippen LogP contribution in [-0.4, -0.2) is 41.3 Å². The summed E-state index contributed by atoms with van der Waals surface area (Å²) in [5, 5.41) is 12.7. The molecular formula is C14H22F3N3. The van der Waals surface area contributed by atoms with Gasteiger partial charge in [0, 0.05) is 18.1 Å². The molecule has 2 unspecified atom stereocenters. The van der Waals surface area contributed by atoms with Crippen LogP contribution in [0.25, 0.3) is 0 Å². The summed E-state index contributed by atoms with van der Waals surface area (Å²) in [6, 6.07) is 2.37. The van der Waals surface area contributed by atoms with Crippen LogP contribution in [0.1, 0.15) is 46.0 Å². The molecule has 2 aliphatic carbocycles. The van der Waals surface area contributed by atoms with Crippen molar-refractivity contribution >= 4 is 0 Å². The van der Waals surface area contributed by atoms with Crippen LogP contribution in [0.3, 0.4) is 0 Å². The van der Waals surface area contributed by atoms with Gasteiger partial charge in [-0.15, -0.1) is 0 Å². The van der Waals surface area contributed by atoms with E-state index in [1.165, 1.54) is 4.90 Å². The fraction of sp³-hybridized carbons (Fsp3) is 0.929. The van der Waals surface area contributed by atoms with E-state index in [0.717, 1.165) is 12.8 Å². The Hall–Kier alpha value is -0.800. The number of nitrogens with zero attached hydrogens (tertiary/aromatic N) is 2. The van der Waals surface area contributed by atoms with E-state index in [1.807, 2.05) is 0 Å². The summed E-state index contributed by atoms with van der Waals surface area (Å²) in [6.45, 7) is 2.68. The second-order valence-corrected chi connectivity index (χ2v) is 6.39. The Kier molecular flexibility index (Phi) is 4.31. The quantitative estimate of drug-likeness (QED) is 0.846. The summed E-state index contributed by atoms with van der Waals surface area (Å²) < 4.78 is 38.1. The average molecular weight is 289 g/mol. The predicted molar refractivity (Wildman–Crippen MR) is 70.0 cm³/mol. The normalized spacial score (nSPS) is 31.0. The van der Waals surface area contributed by atoms with E-state index in [4.69, 9.17) is 0 Å². The minimum atomic E-state index is -4.19. The number of nitriles is 1. The lowest BCUT2D eigenvalue weighted by Crippen LogP contribution is -2.48. The third kappa shape index (κ3) is 3.86. The molecule has 1 N–H and O–H groups in total. The van der Waals surface area contributed by atoms with E-state index in [2.05, 4.69) is 11.4 Å². The van der Waals surface area contributed by atoms with Gasteiger partial charge in [0.05, 0.1) is 12.6 Å². The van der Waals surface area contributed by atoms with Gasteiger partial charge in [-0.25, -0.2) is 0 Å². The molecule has 0 aromatic carbocycles. The van der Waals surface area contributed by atoms with E-state index in [9.17, 15) is 18.4 Å². The number of nitrogens with one attached hydrogen (secondary N) is 1. The lowest BCUT2D eigenvalue weighted by Gasteiger charge is -2.34. The van der Waals surface area contributed by atoms with Gasteiger partial charge in [0.1, 0.15) is 5.54 Å². The van der Waals surface area contributed by atoms with Crippen LogP contribution in [-0.2, 0) is 0 Å². The predicted octanol–water partition coefficient (Wildman–Crippen LogP) is 2.83. The highest BCUT2D eigenvalue weighted by Crippen LogP contribution is 2.37. The van der Waals surface area contributed by atoms with E-state index < -0.39 is 18.3 Å². The van der Waals surface area contributed by atoms with Gasteiger partial charge in [0.15, 0.2) is 0 Å². The van der Waals surface area contributed by atoms with Crippen LogP contribution < -0.4 is 5.32 Å². The van der Waals surface area contributed by atoms with Gasteiger partial charge in [0.25, 0.3) is 0 Å². The smallest absolute Gasteiger partial charge is 0.297 e. The minimum absolute atomic E-state index is 0.164. The van der Waals surface area contributed by atoms with Gasteiger partial charge >= 0.3 is 6.18 Å². The molecule has 0 aliphatic heterocycles. The Morgan fingerprint density at radius 1 is 1.35 bits per heavy atom. The summed E-state index contributed by atoms with van der Waals surface area (Å²) in [5.41, 5.74) is -0.620. The summed E-state index contributed by atoms with van der Waals surface area (Å²) in [5.74, 6) is 0. The molecule has 2 saturated carbocycles. The van der Waals surface area contributed by atoms with E-state index in [0.29, 0.717) is 25.3 Å². The molecule has 0 aromatic heterocycles. The van der Waals surface area contributed by atoms with Crippen molar-refractivity contribution in [2.24, 2.45) is 0 Å². The Bertz CT molecular complexity index is 384. The maximum absolute atomic E-state index is 12.7. The molecule has 0 saturated heterocycles. The van der Waals surface area contributed by atoms with Crippen molar-refractivity contribution in [2.75, 3.05) is 6.54 Å². The lowest BCUT2D eigenvalue weighted by atomic mass is 9.98. The molecule has 0 amide bonds. The first-order valence-corrected chi connectivity index (χ1v) is 7.26. The van der Waals surface area contributed by atoms with Crippen molar-refractivity contribution in [1.29, 1.82) is 5.26 Å². The molecule has 114 valence electrons. The van der Waals surface area contributed by atoms with Gasteiger partial charge in [-0.2, -0.15) is 18.4 Å². The van der Waals surface area contributed by atoms with Crippen molar-refractivity contribution in [2.45, 2.75) is 75.8 Å². The monoisotopic (exact) mass is 289 g/mol. The van der Waals surface area contributed by atoms with Crippen molar-refractivity contribution in [3.05, 3.63) is 0 Å². The molecule has 0 bridgehead atoms. The van der Waals surface area contributed by atoms with Crippen LogP contribution in [0, 0.1) is 11.3 Å². The molecule has 20 heavy (non-hydrogen) atoms. The third-order valence-electron chi connectivity index (χ3n) is 4.25. The van der Waals surface area contributed by atoms with E-state index >= 15 is 0 Å². The molecule has 0 spiro atoms. The summed E-state index contributed by atoms with van der Waals surface area (Å²) >= 11 is 0. The van der Waals surface area contributed by atoms with E-state index in [-0.39, 0.29) is 12.1 Å². The highest BCUT2D eigenvalue weighted by molar-refractivity contribution is 5.15. The fourth-order valence-electron chi connectivity index (χ4n) is 3.13. The van der Waals surface area contributed by atoms with Gasteiger partial charge in [0.2, 0.25) is 0 Å². The van der Waals surface area contributed by atoms with Crippen molar-refractivity contribution in [3.8, 4) is 6.07 Å². The van der Waals surface area contributed by atoms with Crippen LogP contribution in [0.5, 0.6) is 0 Å². The molecular weight excluding hydrogens is 267 g/mol. The molecule has 6 heteroatoms. The molecule has 2 fully saturated rings. The molecule has 2 aliphatic rings. The zero-order valence-corrected chi connectivity index (χ0v) is 12.0. The number of hydrogen-bond donors (Lipinski definition) is 1. The first-order valence-electron chi connectivity index (χ1n) is 7.26. The number of hydrogen-bond acceptors (Lipinski definition) is 3. The zero-order chi connectivity index (χ0) is 15.0. The minimum Gasteiger partial charge on any atom is -0.297 e. The average Bonchev–Trinajstić information content (AvgIpc) is 3.03. The highest BCUT2D eigenvalue weighted by atomic mass is 19.4. The largest absolute Gasteiger partial charge is 0.401 e. The number of rotatable bonds is 5. The van der Waals surface area contributed by atoms with Crippen molar-refractivity contribution in [3.63, 3.8) is 0 Å². The SMILES string of the molecule is CC(C)N(CC(F)(F)F)C1CCC(C#N)(NC2CC2)C1. The second kappa shape index (κ2) is 5.53. The summed E-state index contributed by atoms with van der Waals surface area (Å²) in [7, 11) is 0. The van der Waals surface area contributed by atoms with Crippen LogP contribution in [0.4, 0.5) is 13.2 Å². The van der Waals surface area contributed by atoms with Crippen molar-refractivity contribution in [1.82, 2.24) is 10.2 Å². The van der Waals surface area contributed by atoms with Crippen LogP contribution in [0.15, 0.2) is 0 Å². The van der Waals surface area contributed by atoms with Gasteiger partial charge in [-0.05, 0) is 46.0 Å². The Balaban J connectivity index is 2.02. The molecule has 0 aromatic rings. The molecule has 0 heterocycles. The van der Waals surface area contributed by atoms with E-state index in [1.54, 1.807) is 13.8 Å². The highest BCUT2D eigenvalue weighted by Gasteiger charge is 2.46. The lowest BCUT2D eigenvalue weighted by molar-refractivity contribution is -0.155. The van der Waals surface area contributed by atoms with Crippen LogP contribution >= 0.6 is 0 Å². The Morgan fingerprint density at radius 3 is 2.45 bits per heavy atom. The second-order valence-electron chi connectivity index (χ2n) is 6.39. The topological polar surface area (TPSA) is 39.1 Å². The third-order valence-corrected chi connectivity index (χ3v) is 4.25. The fourth-order valence-corrected chi connectivity index (χ4v) is 3.13. The van der Waals surface area contributed by atoms with Gasteiger partial charge in [-0.1, -0.05) is 0 Å². The van der Waals surface area contributed by atoms with Crippen LogP contribution in [0.2, 0.25) is 0 Å². The first-order chi connectivity index (χ1) is 9.25. The Labute approximate surface area is 118 Å². The zero-order valence-electron chi connectivity index (χ0n) is 12.0. The van der Waals surface area contributed by atoms with Gasteiger partial charge in [-0.3, -0.25) is 10.2 Å². The maximum Gasteiger partial charge on any atom is 0.401 e. The number of alkyl halides is 3. The number of halogens is 3.